The van der Waals surface area contributed by atoms with E-state index in [1.807, 2.05) is 24.3 Å². The Labute approximate surface area is 143 Å². The van der Waals surface area contributed by atoms with E-state index in [-0.39, 0.29) is 5.91 Å². The van der Waals surface area contributed by atoms with E-state index in [9.17, 15) is 9.59 Å². The summed E-state index contributed by atoms with van der Waals surface area (Å²) in [5.41, 5.74) is 7.79. The van der Waals surface area contributed by atoms with Crippen molar-refractivity contribution in [2.75, 3.05) is 17.2 Å². The fraction of sp³-hybridized carbons (Fsp3) is 0.176. The third kappa shape index (κ3) is 4.56. The van der Waals surface area contributed by atoms with Crippen LogP contribution in [0.2, 0.25) is 0 Å². The maximum absolute atomic E-state index is 12.3. The first kappa shape index (κ1) is 17.0. The van der Waals surface area contributed by atoms with E-state index in [0.717, 1.165) is 14.9 Å². The summed E-state index contributed by atoms with van der Waals surface area (Å²) in [5, 5.41) is 2.77. The largest absolute Gasteiger partial charge is 0.399 e. The summed E-state index contributed by atoms with van der Waals surface area (Å²) >= 11 is 3.47. The van der Waals surface area contributed by atoms with Gasteiger partial charge in [-0.3, -0.25) is 4.79 Å². The molecule has 0 aliphatic heterocycles. The number of imide groups is 1. The molecule has 23 heavy (non-hydrogen) atoms. The molecule has 120 valence electrons. The number of hydrogen-bond donors (Lipinski definition) is 2. The number of halogens is 1. The van der Waals surface area contributed by atoms with Gasteiger partial charge in [-0.25, -0.2) is 9.69 Å². The van der Waals surface area contributed by atoms with Gasteiger partial charge in [0.1, 0.15) is 0 Å². The Balaban J connectivity index is 2.00. The summed E-state index contributed by atoms with van der Waals surface area (Å²) < 4.78 is 0.996. The Morgan fingerprint density at radius 2 is 1.78 bits per heavy atom. The summed E-state index contributed by atoms with van der Waals surface area (Å²) in [5.74, 6) is -0.354. The average Bonchev–Trinajstić information content (AvgIpc) is 2.51. The van der Waals surface area contributed by atoms with Crippen molar-refractivity contribution in [3.63, 3.8) is 0 Å². The van der Waals surface area contributed by atoms with Gasteiger partial charge in [-0.1, -0.05) is 34.1 Å². The maximum Gasteiger partial charge on any atom is 0.328 e. The van der Waals surface area contributed by atoms with E-state index >= 15 is 0 Å². The van der Waals surface area contributed by atoms with Crippen molar-refractivity contribution in [1.82, 2.24) is 5.32 Å². The zero-order valence-corrected chi connectivity index (χ0v) is 14.3. The van der Waals surface area contributed by atoms with E-state index in [0.29, 0.717) is 24.3 Å². The first-order chi connectivity index (χ1) is 11.0. The van der Waals surface area contributed by atoms with E-state index in [1.54, 1.807) is 24.3 Å². The van der Waals surface area contributed by atoms with Crippen LogP contribution in [0, 0.1) is 0 Å². The number of urea groups is 1. The highest BCUT2D eigenvalue weighted by molar-refractivity contribution is 9.10. The van der Waals surface area contributed by atoms with Crippen molar-refractivity contribution >= 4 is 39.2 Å². The average molecular weight is 376 g/mol. The first-order valence-corrected chi connectivity index (χ1v) is 7.96. The van der Waals surface area contributed by atoms with Crippen LogP contribution in [0.5, 0.6) is 0 Å². The lowest BCUT2D eigenvalue weighted by Crippen LogP contribution is -2.43. The molecule has 0 fully saturated rings. The van der Waals surface area contributed by atoms with Gasteiger partial charge in [-0.05, 0) is 42.3 Å². The fourth-order valence-electron chi connectivity index (χ4n) is 2.15. The highest BCUT2D eigenvalue weighted by Crippen LogP contribution is 2.18. The number of amides is 3. The minimum atomic E-state index is -0.450. The Morgan fingerprint density at radius 1 is 1.13 bits per heavy atom. The molecule has 0 radical (unpaired) electrons. The molecule has 0 aliphatic rings. The molecule has 0 atom stereocenters. The second-order valence-corrected chi connectivity index (χ2v) is 5.87. The van der Waals surface area contributed by atoms with Crippen LogP contribution in [0.1, 0.15) is 12.5 Å². The molecule has 6 heteroatoms. The van der Waals surface area contributed by atoms with Gasteiger partial charge in [0.25, 0.3) is 0 Å². The molecule has 3 amide bonds. The number of carbonyl (C=O) groups is 2. The standard InChI is InChI=1S/C17H18BrN3O2/c1-12(22)21(15-8-6-14(19)7-9-15)17(23)20-11-10-13-4-2-3-5-16(13)18/h2-9H,10-11,19H2,1H3,(H,20,23). The van der Waals surface area contributed by atoms with Crippen LogP contribution in [-0.4, -0.2) is 18.5 Å². The summed E-state index contributed by atoms with van der Waals surface area (Å²) in [6, 6.07) is 14.0. The smallest absolute Gasteiger partial charge is 0.328 e. The quantitative estimate of drug-likeness (QED) is 0.804. The molecule has 0 aliphatic carbocycles. The number of benzene rings is 2. The lowest BCUT2D eigenvalue weighted by molar-refractivity contribution is -0.115. The monoisotopic (exact) mass is 375 g/mol. The van der Waals surface area contributed by atoms with Crippen molar-refractivity contribution in [2.45, 2.75) is 13.3 Å². The molecule has 0 spiro atoms. The van der Waals surface area contributed by atoms with Crippen LogP contribution in [0.4, 0.5) is 16.2 Å². The van der Waals surface area contributed by atoms with Crippen molar-refractivity contribution < 1.29 is 9.59 Å². The summed E-state index contributed by atoms with van der Waals surface area (Å²) in [7, 11) is 0. The number of nitrogens with zero attached hydrogens (tertiary/aromatic N) is 1. The third-order valence-electron chi connectivity index (χ3n) is 3.30. The summed E-state index contributed by atoms with van der Waals surface area (Å²) in [6.07, 6.45) is 0.667. The van der Waals surface area contributed by atoms with Crippen LogP contribution < -0.4 is 16.0 Å². The third-order valence-corrected chi connectivity index (χ3v) is 4.07. The molecule has 3 N–H and O–H groups in total. The van der Waals surface area contributed by atoms with E-state index in [2.05, 4.69) is 21.2 Å². The van der Waals surface area contributed by atoms with Gasteiger partial charge in [0.15, 0.2) is 0 Å². The van der Waals surface area contributed by atoms with E-state index in [4.69, 9.17) is 5.73 Å². The number of nitrogen functional groups attached to an aromatic ring is 1. The zero-order valence-electron chi connectivity index (χ0n) is 12.8. The van der Waals surface area contributed by atoms with Crippen LogP contribution >= 0.6 is 15.9 Å². The van der Waals surface area contributed by atoms with Gasteiger partial charge in [-0.2, -0.15) is 0 Å². The van der Waals surface area contributed by atoms with Crippen molar-refractivity contribution in [1.29, 1.82) is 0 Å². The predicted octanol–water partition coefficient (Wildman–Crippen LogP) is 3.34. The van der Waals surface area contributed by atoms with Crippen LogP contribution in [-0.2, 0) is 11.2 Å². The van der Waals surface area contributed by atoms with Gasteiger partial charge in [0, 0.05) is 23.6 Å². The molecule has 0 aromatic heterocycles. The summed E-state index contributed by atoms with van der Waals surface area (Å²) in [4.78, 5) is 25.2. The minimum Gasteiger partial charge on any atom is -0.399 e. The molecule has 0 heterocycles. The first-order valence-electron chi connectivity index (χ1n) is 7.16. The van der Waals surface area contributed by atoms with Gasteiger partial charge < -0.3 is 11.1 Å². The minimum absolute atomic E-state index is 0.354. The molecule has 5 nitrogen and oxygen atoms in total. The van der Waals surface area contributed by atoms with Crippen LogP contribution in [0.15, 0.2) is 53.0 Å². The molecule has 2 rings (SSSR count). The van der Waals surface area contributed by atoms with Crippen LogP contribution in [0.25, 0.3) is 0 Å². The molecule has 0 unspecified atom stereocenters. The number of nitrogens with two attached hydrogens (primary N) is 1. The molecule has 2 aromatic rings. The predicted molar refractivity (Wildman–Crippen MR) is 95.3 cm³/mol. The Bertz CT molecular complexity index is 701. The Hall–Kier alpha value is -2.34. The number of nitrogens with one attached hydrogen (secondary N) is 1. The molecular formula is C17H18BrN3O2. The van der Waals surface area contributed by atoms with Crippen molar-refractivity contribution in [3.8, 4) is 0 Å². The molecule has 2 aromatic carbocycles. The van der Waals surface area contributed by atoms with Gasteiger partial charge in [0.2, 0.25) is 5.91 Å². The maximum atomic E-state index is 12.3. The molecular weight excluding hydrogens is 358 g/mol. The van der Waals surface area contributed by atoms with E-state index < -0.39 is 6.03 Å². The topological polar surface area (TPSA) is 75.4 Å². The fourth-order valence-corrected chi connectivity index (χ4v) is 2.63. The zero-order chi connectivity index (χ0) is 16.8. The second kappa shape index (κ2) is 7.78. The number of hydrogen-bond acceptors (Lipinski definition) is 3. The highest BCUT2D eigenvalue weighted by Gasteiger charge is 2.19. The van der Waals surface area contributed by atoms with E-state index in [1.165, 1.54) is 6.92 Å². The normalized spacial score (nSPS) is 10.2. The number of rotatable bonds is 4. The summed E-state index contributed by atoms with van der Waals surface area (Å²) in [6.45, 7) is 1.78. The highest BCUT2D eigenvalue weighted by atomic mass is 79.9. The van der Waals surface area contributed by atoms with Crippen molar-refractivity contribution in [3.05, 3.63) is 58.6 Å². The molecule has 0 saturated carbocycles. The molecule has 0 bridgehead atoms. The molecule has 0 saturated heterocycles. The van der Waals surface area contributed by atoms with Gasteiger partial charge in [0.05, 0.1) is 5.69 Å². The van der Waals surface area contributed by atoms with Crippen molar-refractivity contribution in [2.24, 2.45) is 0 Å². The second-order valence-electron chi connectivity index (χ2n) is 5.02. The lowest BCUT2D eigenvalue weighted by Gasteiger charge is -2.20. The number of carbonyl (C=O) groups excluding carboxylic acids is 2. The van der Waals surface area contributed by atoms with Crippen LogP contribution in [0.3, 0.4) is 0 Å². The van der Waals surface area contributed by atoms with Gasteiger partial charge in [-0.15, -0.1) is 0 Å². The SMILES string of the molecule is CC(=O)N(C(=O)NCCc1ccccc1Br)c1ccc(N)cc1. The Kier molecular flexibility index (Phi) is 5.76. The Morgan fingerprint density at radius 3 is 2.39 bits per heavy atom. The lowest BCUT2D eigenvalue weighted by atomic mass is 10.1. The number of anilines is 2. The van der Waals surface area contributed by atoms with Gasteiger partial charge >= 0.3 is 6.03 Å².